The molecule has 0 fully saturated rings. The number of benzene rings is 1. The fourth-order valence-electron chi connectivity index (χ4n) is 1.70. The summed E-state index contributed by atoms with van der Waals surface area (Å²) >= 11 is 0. The smallest absolute Gasteiger partial charge is 0.222 e. The van der Waals surface area contributed by atoms with Crippen molar-refractivity contribution in [3.05, 3.63) is 35.4 Å². The molecule has 88 valence electrons. The van der Waals surface area contributed by atoms with Crippen LogP contribution in [0, 0.1) is 6.92 Å². The number of carbonyl (C=O) groups excluding carboxylic acids is 1. The number of carbonyl (C=O) groups is 1. The van der Waals surface area contributed by atoms with E-state index in [1.54, 1.807) is 4.90 Å². The van der Waals surface area contributed by atoms with Crippen LogP contribution in [-0.4, -0.2) is 24.9 Å². The predicted octanol–water partition coefficient (Wildman–Crippen LogP) is 2.80. The Hall–Kier alpha value is -1.31. The van der Waals surface area contributed by atoms with Crippen molar-refractivity contribution in [3.8, 4) is 0 Å². The van der Waals surface area contributed by atoms with Gasteiger partial charge in [0.25, 0.3) is 0 Å². The van der Waals surface area contributed by atoms with Crippen LogP contribution in [0.4, 0.5) is 0 Å². The third kappa shape index (κ3) is 4.47. The first-order valence-corrected chi connectivity index (χ1v) is 5.85. The summed E-state index contributed by atoms with van der Waals surface area (Å²) in [5.74, 6) is 0.226. The highest BCUT2D eigenvalue weighted by atomic mass is 16.2. The zero-order valence-corrected chi connectivity index (χ0v) is 10.5. The second-order valence-electron chi connectivity index (χ2n) is 4.48. The molecular weight excluding hydrogens is 198 g/mol. The highest BCUT2D eigenvalue weighted by Crippen LogP contribution is 2.09. The number of amides is 1. The molecule has 2 nitrogen and oxygen atoms in total. The predicted molar refractivity (Wildman–Crippen MR) is 67.4 cm³/mol. The molecule has 0 spiro atoms. The third-order valence-corrected chi connectivity index (χ3v) is 2.69. The summed E-state index contributed by atoms with van der Waals surface area (Å²) < 4.78 is 0. The molecule has 0 N–H and O–H groups in total. The van der Waals surface area contributed by atoms with Crippen LogP contribution in [-0.2, 0) is 11.2 Å². The molecule has 0 unspecified atom stereocenters. The Morgan fingerprint density at radius 2 is 2.00 bits per heavy atom. The normalized spacial score (nSPS) is 10.2. The summed E-state index contributed by atoms with van der Waals surface area (Å²) in [7, 11) is 3.62. The van der Waals surface area contributed by atoms with E-state index in [9.17, 15) is 4.79 Å². The van der Waals surface area contributed by atoms with Crippen LogP contribution in [0.1, 0.15) is 30.4 Å². The Kier molecular flexibility index (Phi) is 5.03. The lowest BCUT2D eigenvalue weighted by Gasteiger charge is -2.09. The Morgan fingerprint density at radius 3 is 2.62 bits per heavy atom. The fourth-order valence-corrected chi connectivity index (χ4v) is 1.70. The maximum atomic E-state index is 11.3. The lowest BCUT2D eigenvalue weighted by atomic mass is 10.0. The first-order valence-electron chi connectivity index (χ1n) is 5.85. The van der Waals surface area contributed by atoms with Gasteiger partial charge in [0, 0.05) is 20.5 Å². The van der Waals surface area contributed by atoms with Crippen molar-refractivity contribution in [1.82, 2.24) is 4.90 Å². The Balaban J connectivity index is 2.23. The van der Waals surface area contributed by atoms with Gasteiger partial charge in [0.15, 0.2) is 0 Å². The molecule has 1 aromatic rings. The van der Waals surface area contributed by atoms with Gasteiger partial charge in [-0.1, -0.05) is 29.8 Å². The number of aryl methyl sites for hydroxylation is 2. The molecule has 1 rings (SSSR count). The van der Waals surface area contributed by atoms with Gasteiger partial charge in [-0.2, -0.15) is 0 Å². The van der Waals surface area contributed by atoms with Crippen molar-refractivity contribution in [2.45, 2.75) is 32.6 Å². The van der Waals surface area contributed by atoms with E-state index in [0.29, 0.717) is 6.42 Å². The first kappa shape index (κ1) is 12.8. The molecule has 0 radical (unpaired) electrons. The standard InChI is InChI=1S/C14H21NO/c1-12-7-6-9-13(11-12)8-4-5-10-14(16)15(2)3/h6-7,9,11H,4-5,8,10H2,1-3H3. The Labute approximate surface area is 98.3 Å². The molecule has 2 heteroatoms. The van der Waals surface area contributed by atoms with Gasteiger partial charge >= 0.3 is 0 Å². The van der Waals surface area contributed by atoms with Gasteiger partial charge in [0.2, 0.25) is 5.91 Å². The van der Waals surface area contributed by atoms with Gasteiger partial charge in [-0.15, -0.1) is 0 Å². The Morgan fingerprint density at radius 1 is 1.25 bits per heavy atom. The van der Waals surface area contributed by atoms with Crippen LogP contribution in [0.2, 0.25) is 0 Å². The third-order valence-electron chi connectivity index (χ3n) is 2.69. The van der Waals surface area contributed by atoms with Gasteiger partial charge in [0.1, 0.15) is 0 Å². The summed E-state index contributed by atoms with van der Waals surface area (Å²) in [6.45, 7) is 2.11. The summed E-state index contributed by atoms with van der Waals surface area (Å²) in [6, 6.07) is 8.57. The van der Waals surface area contributed by atoms with Crippen LogP contribution in [0.5, 0.6) is 0 Å². The average molecular weight is 219 g/mol. The molecule has 1 aromatic carbocycles. The first-order chi connectivity index (χ1) is 7.59. The molecule has 0 saturated carbocycles. The van der Waals surface area contributed by atoms with Crippen LogP contribution < -0.4 is 0 Å². The molecular formula is C14H21NO. The summed E-state index contributed by atoms with van der Waals surface area (Å²) in [6.07, 6.45) is 3.80. The van der Waals surface area contributed by atoms with Crippen molar-refractivity contribution in [3.63, 3.8) is 0 Å². The number of hydrogen-bond donors (Lipinski definition) is 0. The number of rotatable bonds is 5. The molecule has 0 heterocycles. The lowest BCUT2D eigenvalue weighted by Crippen LogP contribution is -2.21. The van der Waals surface area contributed by atoms with Crippen molar-refractivity contribution >= 4 is 5.91 Å². The minimum atomic E-state index is 0.226. The van der Waals surface area contributed by atoms with Crippen molar-refractivity contribution in [2.24, 2.45) is 0 Å². The maximum absolute atomic E-state index is 11.3. The zero-order chi connectivity index (χ0) is 12.0. The monoisotopic (exact) mass is 219 g/mol. The maximum Gasteiger partial charge on any atom is 0.222 e. The minimum absolute atomic E-state index is 0.226. The summed E-state index contributed by atoms with van der Waals surface area (Å²) in [4.78, 5) is 13.0. The summed E-state index contributed by atoms with van der Waals surface area (Å²) in [5, 5.41) is 0. The highest BCUT2D eigenvalue weighted by Gasteiger charge is 2.02. The molecule has 0 aromatic heterocycles. The molecule has 0 bridgehead atoms. The Bertz CT molecular complexity index is 344. The van der Waals surface area contributed by atoms with Gasteiger partial charge in [-0.25, -0.2) is 0 Å². The minimum Gasteiger partial charge on any atom is -0.349 e. The molecule has 0 aliphatic rings. The average Bonchev–Trinajstić information content (AvgIpc) is 2.24. The topological polar surface area (TPSA) is 20.3 Å². The quantitative estimate of drug-likeness (QED) is 0.697. The van der Waals surface area contributed by atoms with Crippen LogP contribution >= 0.6 is 0 Å². The molecule has 0 saturated heterocycles. The highest BCUT2D eigenvalue weighted by molar-refractivity contribution is 5.75. The van der Waals surface area contributed by atoms with E-state index in [4.69, 9.17) is 0 Å². The van der Waals surface area contributed by atoms with E-state index in [0.717, 1.165) is 19.3 Å². The van der Waals surface area contributed by atoms with E-state index in [2.05, 4.69) is 31.2 Å². The lowest BCUT2D eigenvalue weighted by molar-refractivity contribution is -0.128. The van der Waals surface area contributed by atoms with E-state index in [-0.39, 0.29) is 5.91 Å². The van der Waals surface area contributed by atoms with Gasteiger partial charge in [0.05, 0.1) is 0 Å². The second kappa shape index (κ2) is 6.31. The SMILES string of the molecule is Cc1cccc(CCCCC(=O)N(C)C)c1. The van der Waals surface area contributed by atoms with Crippen molar-refractivity contribution in [1.29, 1.82) is 0 Å². The van der Waals surface area contributed by atoms with E-state index in [1.165, 1.54) is 11.1 Å². The van der Waals surface area contributed by atoms with E-state index < -0.39 is 0 Å². The van der Waals surface area contributed by atoms with Gasteiger partial charge < -0.3 is 4.90 Å². The molecule has 0 aliphatic carbocycles. The van der Waals surface area contributed by atoms with E-state index >= 15 is 0 Å². The van der Waals surface area contributed by atoms with Crippen LogP contribution in [0.25, 0.3) is 0 Å². The molecule has 16 heavy (non-hydrogen) atoms. The largest absolute Gasteiger partial charge is 0.349 e. The zero-order valence-electron chi connectivity index (χ0n) is 10.5. The number of unbranched alkanes of at least 4 members (excludes halogenated alkanes) is 1. The number of hydrogen-bond acceptors (Lipinski definition) is 1. The van der Waals surface area contributed by atoms with Crippen LogP contribution in [0.3, 0.4) is 0 Å². The molecule has 0 aliphatic heterocycles. The van der Waals surface area contributed by atoms with Crippen molar-refractivity contribution in [2.75, 3.05) is 14.1 Å². The molecule has 1 amide bonds. The van der Waals surface area contributed by atoms with Crippen LogP contribution in [0.15, 0.2) is 24.3 Å². The number of nitrogens with zero attached hydrogens (tertiary/aromatic N) is 1. The molecule has 0 atom stereocenters. The van der Waals surface area contributed by atoms with Gasteiger partial charge in [-0.05, 0) is 31.7 Å². The van der Waals surface area contributed by atoms with Gasteiger partial charge in [-0.3, -0.25) is 4.79 Å². The fraction of sp³-hybridized carbons (Fsp3) is 0.500. The van der Waals surface area contributed by atoms with E-state index in [1.807, 2.05) is 14.1 Å². The summed E-state index contributed by atoms with van der Waals surface area (Å²) in [5.41, 5.74) is 2.68. The van der Waals surface area contributed by atoms with Crippen molar-refractivity contribution < 1.29 is 4.79 Å². The second-order valence-corrected chi connectivity index (χ2v) is 4.48.